The molecule has 3 N–H and O–H groups in total. The molecule has 0 saturated heterocycles. The average molecular weight is 264 g/mol. The maximum Gasteiger partial charge on any atom is 0.142 e. The van der Waals surface area contributed by atoms with Crippen LogP contribution in [0.2, 0.25) is 0 Å². The van der Waals surface area contributed by atoms with Crippen LogP contribution in [0.15, 0.2) is 18.2 Å². The predicted molar refractivity (Wildman–Crippen MR) is 82.7 cm³/mol. The van der Waals surface area contributed by atoms with Crippen molar-refractivity contribution in [1.82, 2.24) is 5.32 Å². The molecule has 108 valence electrons. The van der Waals surface area contributed by atoms with E-state index in [-0.39, 0.29) is 5.54 Å². The molecule has 3 nitrogen and oxygen atoms in total. The van der Waals surface area contributed by atoms with Gasteiger partial charge in [0.2, 0.25) is 0 Å². The van der Waals surface area contributed by atoms with Gasteiger partial charge in [-0.15, -0.1) is 0 Å². The molecule has 0 spiro atoms. The first-order chi connectivity index (χ1) is 8.92. The van der Waals surface area contributed by atoms with Crippen LogP contribution < -0.4 is 15.8 Å². The molecule has 1 aromatic rings. The van der Waals surface area contributed by atoms with Crippen molar-refractivity contribution in [3.05, 3.63) is 23.8 Å². The second-order valence-electron chi connectivity index (χ2n) is 6.00. The summed E-state index contributed by atoms with van der Waals surface area (Å²) in [6, 6.07) is 6.12. The van der Waals surface area contributed by atoms with Crippen LogP contribution in [0.3, 0.4) is 0 Å². The van der Waals surface area contributed by atoms with E-state index in [2.05, 4.69) is 39.1 Å². The Balaban J connectivity index is 2.41. The summed E-state index contributed by atoms with van der Waals surface area (Å²) in [4.78, 5) is 0. The van der Waals surface area contributed by atoms with E-state index >= 15 is 0 Å². The monoisotopic (exact) mass is 264 g/mol. The van der Waals surface area contributed by atoms with Gasteiger partial charge in [-0.05, 0) is 64.3 Å². The van der Waals surface area contributed by atoms with Gasteiger partial charge < -0.3 is 15.8 Å². The van der Waals surface area contributed by atoms with Gasteiger partial charge in [0, 0.05) is 5.54 Å². The third kappa shape index (κ3) is 6.48. The van der Waals surface area contributed by atoms with E-state index in [1.807, 2.05) is 12.1 Å². The minimum Gasteiger partial charge on any atom is -0.491 e. The number of nitrogen functional groups attached to an aromatic ring is 1. The van der Waals surface area contributed by atoms with E-state index in [1.165, 1.54) is 5.56 Å². The highest BCUT2D eigenvalue weighted by atomic mass is 16.5. The molecule has 0 aliphatic heterocycles. The van der Waals surface area contributed by atoms with E-state index < -0.39 is 0 Å². The SMILES string of the molecule is CCCOc1ccc(CCCNC(C)(C)C)cc1N. The number of benzene rings is 1. The van der Waals surface area contributed by atoms with Crippen LogP contribution in [0, 0.1) is 0 Å². The Morgan fingerprint density at radius 3 is 2.58 bits per heavy atom. The molecule has 0 saturated carbocycles. The largest absolute Gasteiger partial charge is 0.491 e. The number of anilines is 1. The molecule has 1 rings (SSSR count). The molecule has 0 radical (unpaired) electrons. The summed E-state index contributed by atoms with van der Waals surface area (Å²) >= 11 is 0. The van der Waals surface area contributed by atoms with Crippen LogP contribution in [0.25, 0.3) is 0 Å². The fourth-order valence-electron chi connectivity index (χ4n) is 1.85. The fourth-order valence-corrected chi connectivity index (χ4v) is 1.85. The summed E-state index contributed by atoms with van der Waals surface area (Å²) < 4.78 is 5.57. The molecule has 0 unspecified atom stereocenters. The minimum atomic E-state index is 0.191. The van der Waals surface area contributed by atoms with Crippen molar-refractivity contribution >= 4 is 5.69 Å². The van der Waals surface area contributed by atoms with Crippen LogP contribution in [0.4, 0.5) is 5.69 Å². The average Bonchev–Trinajstić information content (AvgIpc) is 2.32. The molecule has 0 fully saturated rings. The number of rotatable bonds is 7. The second-order valence-corrected chi connectivity index (χ2v) is 6.00. The first-order valence-corrected chi connectivity index (χ1v) is 7.18. The summed E-state index contributed by atoms with van der Waals surface area (Å²) in [5, 5.41) is 3.49. The van der Waals surface area contributed by atoms with Crippen LogP contribution in [-0.2, 0) is 6.42 Å². The Bertz CT molecular complexity index is 383. The van der Waals surface area contributed by atoms with Crippen molar-refractivity contribution in [3.8, 4) is 5.75 Å². The Morgan fingerprint density at radius 2 is 2.00 bits per heavy atom. The van der Waals surface area contributed by atoms with Crippen molar-refractivity contribution in [1.29, 1.82) is 0 Å². The lowest BCUT2D eigenvalue weighted by atomic mass is 10.1. The Hall–Kier alpha value is -1.22. The molecule has 0 heterocycles. The lowest BCUT2D eigenvalue weighted by Gasteiger charge is -2.20. The molecular formula is C16H28N2O. The van der Waals surface area contributed by atoms with E-state index in [1.54, 1.807) is 0 Å². The summed E-state index contributed by atoms with van der Waals surface area (Å²) in [7, 11) is 0. The van der Waals surface area contributed by atoms with E-state index in [4.69, 9.17) is 10.5 Å². The number of hydrogen-bond acceptors (Lipinski definition) is 3. The van der Waals surface area contributed by atoms with Crippen molar-refractivity contribution in [2.75, 3.05) is 18.9 Å². The second kappa shape index (κ2) is 7.39. The molecular weight excluding hydrogens is 236 g/mol. The number of aryl methyl sites for hydroxylation is 1. The van der Waals surface area contributed by atoms with Gasteiger partial charge in [0.05, 0.1) is 12.3 Å². The Labute approximate surface area is 117 Å². The smallest absolute Gasteiger partial charge is 0.142 e. The van der Waals surface area contributed by atoms with E-state index in [0.717, 1.165) is 43.9 Å². The molecule has 19 heavy (non-hydrogen) atoms. The molecule has 0 aliphatic carbocycles. The summed E-state index contributed by atoms with van der Waals surface area (Å²) in [6.45, 7) is 10.4. The number of hydrogen-bond donors (Lipinski definition) is 2. The maximum atomic E-state index is 6.00. The standard InChI is InChI=1S/C16H28N2O/c1-5-11-19-15-9-8-13(12-14(15)17)7-6-10-18-16(2,3)4/h8-9,12,18H,5-7,10-11,17H2,1-4H3. The van der Waals surface area contributed by atoms with E-state index in [0.29, 0.717) is 0 Å². The summed E-state index contributed by atoms with van der Waals surface area (Å²) in [5.74, 6) is 0.804. The van der Waals surface area contributed by atoms with Crippen LogP contribution in [0.5, 0.6) is 5.75 Å². The highest BCUT2D eigenvalue weighted by molar-refractivity contribution is 5.54. The van der Waals surface area contributed by atoms with E-state index in [9.17, 15) is 0 Å². The fraction of sp³-hybridized carbons (Fsp3) is 0.625. The molecule has 0 bridgehead atoms. The number of nitrogens with two attached hydrogens (primary N) is 1. The van der Waals surface area contributed by atoms with Crippen LogP contribution in [0.1, 0.15) is 46.1 Å². The first kappa shape index (κ1) is 15.8. The third-order valence-corrected chi connectivity index (χ3v) is 2.83. The normalized spacial score (nSPS) is 11.6. The van der Waals surface area contributed by atoms with Crippen LogP contribution >= 0.6 is 0 Å². The summed E-state index contributed by atoms with van der Waals surface area (Å²) in [5.41, 5.74) is 8.21. The van der Waals surface area contributed by atoms with Crippen molar-refractivity contribution < 1.29 is 4.74 Å². The first-order valence-electron chi connectivity index (χ1n) is 7.18. The third-order valence-electron chi connectivity index (χ3n) is 2.83. The zero-order valence-electron chi connectivity index (χ0n) is 12.8. The minimum absolute atomic E-state index is 0.191. The molecule has 0 amide bonds. The van der Waals surface area contributed by atoms with Crippen molar-refractivity contribution in [2.45, 2.75) is 52.5 Å². The molecule has 0 atom stereocenters. The van der Waals surface area contributed by atoms with Gasteiger partial charge >= 0.3 is 0 Å². The van der Waals surface area contributed by atoms with Crippen molar-refractivity contribution in [3.63, 3.8) is 0 Å². The Kier molecular flexibility index (Phi) is 6.16. The highest BCUT2D eigenvalue weighted by Crippen LogP contribution is 2.23. The van der Waals surface area contributed by atoms with Gasteiger partial charge in [0.15, 0.2) is 0 Å². The zero-order chi connectivity index (χ0) is 14.3. The van der Waals surface area contributed by atoms with Gasteiger partial charge in [-0.2, -0.15) is 0 Å². The van der Waals surface area contributed by atoms with Gasteiger partial charge in [-0.1, -0.05) is 13.0 Å². The van der Waals surface area contributed by atoms with Crippen LogP contribution in [-0.4, -0.2) is 18.7 Å². The highest BCUT2D eigenvalue weighted by Gasteiger charge is 2.07. The number of nitrogens with one attached hydrogen (secondary N) is 1. The zero-order valence-corrected chi connectivity index (χ0v) is 12.8. The Morgan fingerprint density at radius 1 is 1.26 bits per heavy atom. The molecule has 0 aliphatic rings. The quantitative estimate of drug-likeness (QED) is 0.586. The predicted octanol–water partition coefficient (Wildman–Crippen LogP) is 3.38. The summed E-state index contributed by atoms with van der Waals surface area (Å²) in [6.07, 6.45) is 3.16. The lowest BCUT2D eigenvalue weighted by molar-refractivity contribution is 0.319. The van der Waals surface area contributed by atoms with Gasteiger partial charge in [-0.3, -0.25) is 0 Å². The molecule has 0 aromatic heterocycles. The lowest BCUT2D eigenvalue weighted by Crippen LogP contribution is -2.36. The van der Waals surface area contributed by atoms with Gasteiger partial charge in [-0.25, -0.2) is 0 Å². The molecule has 1 aromatic carbocycles. The number of ether oxygens (including phenoxy) is 1. The maximum absolute atomic E-state index is 6.00. The van der Waals surface area contributed by atoms with Gasteiger partial charge in [0.25, 0.3) is 0 Å². The molecule has 3 heteroatoms. The topological polar surface area (TPSA) is 47.3 Å². The van der Waals surface area contributed by atoms with Crippen molar-refractivity contribution in [2.24, 2.45) is 0 Å². The van der Waals surface area contributed by atoms with Gasteiger partial charge in [0.1, 0.15) is 5.75 Å².